The van der Waals surface area contributed by atoms with Crippen molar-refractivity contribution in [3.63, 3.8) is 0 Å². The van der Waals surface area contributed by atoms with Crippen molar-refractivity contribution >= 4 is 11.6 Å². The summed E-state index contributed by atoms with van der Waals surface area (Å²) in [5, 5.41) is 2.94. The maximum Gasteiger partial charge on any atom is 0.224 e. The van der Waals surface area contributed by atoms with Crippen LogP contribution in [0.15, 0.2) is 59.1 Å². The highest BCUT2D eigenvalue weighted by molar-refractivity contribution is 5.91. The third kappa shape index (κ3) is 4.17. The molecule has 0 spiro atoms. The molecule has 0 fully saturated rings. The second-order valence-electron chi connectivity index (χ2n) is 6.39. The van der Waals surface area contributed by atoms with Crippen LogP contribution >= 0.6 is 0 Å². The number of nitrogens with zero attached hydrogens (tertiary/aromatic N) is 1. The molecule has 0 saturated carbocycles. The lowest BCUT2D eigenvalue weighted by molar-refractivity contribution is -0.116. The number of para-hydroxylation sites is 1. The Kier molecular flexibility index (Phi) is 5.46. The molecule has 5 heteroatoms. The van der Waals surface area contributed by atoms with Crippen LogP contribution in [0.4, 0.5) is 10.1 Å². The van der Waals surface area contributed by atoms with Crippen molar-refractivity contribution in [1.82, 2.24) is 4.98 Å². The van der Waals surface area contributed by atoms with Gasteiger partial charge in [0.05, 0.1) is 11.8 Å². The Morgan fingerprint density at radius 2 is 1.88 bits per heavy atom. The van der Waals surface area contributed by atoms with E-state index in [1.807, 2.05) is 24.3 Å². The molecule has 3 aromatic rings. The van der Waals surface area contributed by atoms with Crippen LogP contribution in [0.2, 0.25) is 0 Å². The summed E-state index contributed by atoms with van der Waals surface area (Å²) < 4.78 is 19.4. The molecule has 26 heavy (non-hydrogen) atoms. The Balaban J connectivity index is 1.62. The third-order valence-corrected chi connectivity index (χ3v) is 4.12. The molecule has 0 saturated heterocycles. The number of aromatic nitrogens is 1. The fourth-order valence-corrected chi connectivity index (χ4v) is 2.76. The Labute approximate surface area is 152 Å². The molecule has 0 unspecified atom stereocenters. The maximum atomic E-state index is 13.8. The van der Waals surface area contributed by atoms with Gasteiger partial charge in [-0.1, -0.05) is 44.2 Å². The van der Waals surface area contributed by atoms with E-state index in [9.17, 15) is 9.18 Å². The Bertz CT molecular complexity index is 902. The van der Waals surface area contributed by atoms with Crippen LogP contribution in [0.5, 0.6) is 0 Å². The predicted octanol–water partition coefficient (Wildman–Crippen LogP) is 5.18. The van der Waals surface area contributed by atoms with Crippen molar-refractivity contribution in [1.29, 1.82) is 0 Å². The van der Waals surface area contributed by atoms with Crippen LogP contribution in [0.25, 0.3) is 11.3 Å². The summed E-state index contributed by atoms with van der Waals surface area (Å²) in [4.78, 5) is 16.4. The lowest BCUT2D eigenvalue weighted by Crippen LogP contribution is -2.14. The molecule has 4 nitrogen and oxygen atoms in total. The highest BCUT2D eigenvalue weighted by Gasteiger charge is 2.13. The minimum absolute atomic E-state index is 0.108. The number of rotatable bonds is 6. The predicted molar refractivity (Wildman–Crippen MR) is 99.4 cm³/mol. The van der Waals surface area contributed by atoms with Gasteiger partial charge in [-0.2, -0.15) is 0 Å². The Morgan fingerprint density at radius 1 is 1.15 bits per heavy atom. The molecule has 134 valence electrons. The van der Waals surface area contributed by atoms with Crippen LogP contribution in [0.1, 0.15) is 37.6 Å². The number of carbonyl (C=O) groups is 1. The van der Waals surface area contributed by atoms with Crippen LogP contribution < -0.4 is 5.32 Å². The largest absolute Gasteiger partial charge is 0.441 e. The summed E-state index contributed by atoms with van der Waals surface area (Å²) in [6.07, 6.45) is 2.08. The minimum atomic E-state index is -0.363. The van der Waals surface area contributed by atoms with Gasteiger partial charge >= 0.3 is 0 Å². The number of hydrogen-bond acceptors (Lipinski definition) is 3. The zero-order chi connectivity index (χ0) is 18.5. The summed E-state index contributed by atoms with van der Waals surface area (Å²) in [5.41, 5.74) is 2.28. The number of halogens is 1. The molecule has 0 bridgehead atoms. The first-order chi connectivity index (χ1) is 12.5. The van der Waals surface area contributed by atoms with Crippen LogP contribution in [0, 0.1) is 5.82 Å². The normalized spacial score (nSPS) is 10.9. The molecule has 1 heterocycles. The second kappa shape index (κ2) is 7.95. The average molecular weight is 352 g/mol. The first kappa shape index (κ1) is 17.9. The standard InChI is InChI=1S/C21H21FN2O2/c1-14(2)15-7-4-6-10-18(15)24-20(25)11-12-21-23-13-19(26-21)16-8-3-5-9-17(16)22/h3-10,13-14H,11-12H2,1-2H3,(H,24,25). The van der Waals surface area contributed by atoms with Gasteiger partial charge in [0.2, 0.25) is 5.91 Å². The number of amides is 1. The molecule has 2 aromatic carbocycles. The van der Waals surface area contributed by atoms with Gasteiger partial charge in [0.15, 0.2) is 11.7 Å². The van der Waals surface area contributed by atoms with Crippen LogP contribution in [-0.2, 0) is 11.2 Å². The van der Waals surface area contributed by atoms with Gasteiger partial charge in [0.1, 0.15) is 5.82 Å². The number of aryl methyl sites for hydroxylation is 1. The van der Waals surface area contributed by atoms with Gasteiger partial charge < -0.3 is 9.73 Å². The molecule has 1 N–H and O–H groups in total. The van der Waals surface area contributed by atoms with E-state index in [2.05, 4.69) is 24.1 Å². The van der Waals surface area contributed by atoms with Crippen molar-refractivity contribution in [2.75, 3.05) is 5.32 Å². The van der Waals surface area contributed by atoms with Gasteiger partial charge in [0.25, 0.3) is 0 Å². The van der Waals surface area contributed by atoms with Crippen LogP contribution in [-0.4, -0.2) is 10.9 Å². The number of carbonyl (C=O) groups excluding carboxylic acids is 1. The number of oxazole rings is 1. The molecular formula is C21H21FN2O2. The smallest absolute Gasteiger partial charge is 0.224 e. The summed E-state index contributed by atoms with van der Waals surface area (Å²) in [7, 11) is 0. The Hall–Kier alpha value is -2.95. The summed E-state index contributed by atoms with van der Waals surface area (Å²) in [6, 6.07) is 14.1. The van der Waals surface area contributed by atoms with Crippen LogP contribution in [0.3, 0.4) is 0 Å². The van der Waals surface area contributed by atoms with E-state index in [0.717, 1.165) is 11.3 Å². The van der Waals surface area contributed by atoms with E-state index in [1.54, 1.807) is 18.2 Å². The number of hydrogen-bond donors (Lipinski definition) is 1. The fraction of sp³-hybridized carbons (Fsp3) is 0.238. The summed E-state index contributed by atoms with van der Waals surface area (Å²) >= 11 is 0. The average Bonchev–Trinajstić information content (AvgIpc) is 3.09. The van der Waals surface area contributed by atoms with Gasteiger partial charge in [0, 0.05) is 18.5 Å². The van der Waals surface area contributed by atoms with Gasteiger partial charge in [-0.3, -0.25) is 4.79 Å². The van der Waals surface area contributed by atoms with Crippen molar-refractivity contribution in [2.45, 2.75) is 32.6 Å². The lowest BCUT2D eigenvalue weighted by Gasteiger charge is -2.13. The van der Waals surface area contributed by atoms with Gasteiger partial charge in [-0.05, 0) is 29.7 Å². The highest BCUT2D eigenvalue weighted by Crippen LogP contribution is 2.25. The fourth-order valence-electron chi connectivity index (χ4n) is 2.76. The van der Waals surface area contributed by atoms with E-state index in [0.29, 0.717) is 29.6 Å². The van der Waals surface area contributed by atoms with E-state index < -0.39 is 0 Å². The van der Waals surface area contributed by atoms with Gasteiger partial charge in [-0.15, -0.1) is 0 Å². The van der Waals surface area contributed by atoms with Crippen molar-refractivity contribution in [3.8, 4) is 11.3 Å². The van der Waals surface area contributed by atoms with E-state index in [-0.39, 0.29) is 18.1 Å². The third-order valence-electron chi connectivity index (χ3n) is 4.12. The zero-order valence-corrected chi connectivity index (χ0v) is 14.8. The summed E-state index contributed by atoms with van der Waals surface area (Å²) in [6.45, 7) is 4.17. The molecule has 0 aliphatic carbocycles. The van der Waals surface area contributed by atoms with E-state index in [1.165, 1.54) is 12.3 Å². The first-order valence-corrected chi connectivity index (χ1v) is 8.63. The monoisotopic (exact) mass is 352 g/mol. The SMILES string of the molecule is CC(C)c1ccccc1NC(=O)CCc1ncc(-c2ccccc2F)o1. The highest BCUT2D eigenvalue weighted by atomic mass is 19.1. The Morgan fingerprint density at radius 3 is 2.65 bits per heavy atom. The number of nitrogens with one attached hydrogen (secondary N) is 1. The minimum Gasteiger partial charge on any atom is -0.441 e. The lowest BCUT2D eigenvalue weighted by atomic mass is 10.0. The molecule has 0 radical (unpaired) electrons. The molecule has 1 aromatic heterocycles. The maximum absolute atomic E-state index is 13.8. The molecular weight excluding hydrogens is 331 g/mol. The second-order valence-corrected chi connectivity index (χ2v) is 6.39. The van der Waals surface area contributed by atoms with Crippen molar-refractivity contribution in [2.24, 2.45) is 0 Å². The molecule has 0 aliphatic rings. The number of benzene rings is 2. The molecule has 0 atom stereocenters. The number of anilines is 1. The van der Waals surface area contributed by atoms with Crippen molar-refractivity contribution < 1.29 is 13.6 Å². The van der Waals surface area contributed by atoms with Gasteiger partial charge in [-0.25, -0.2) is 9.37 Å². The van der Waals surface area contributed by atoms with E-state index in [4.69, 9.17) is 4.42 Å². The summed E-state index contributed by atoms with van der Waals surface area (Å²) in [5.74, 6) is 0.628. The molecule has 1 amide bonds. The zero-order valence-electron chi connectivity index (χ0n) is 14.8. The molecule has 3 rings (SSSR count). The first-order valence-electron chi connectivity index (χ1n) is 8.63. The quantitative estimate of drug-likeness (QED) is 0.665. The molecule has 0 aliphatic heterocycles. The van der Waals surface area contributed by atoms with Crippen molar-refractivity contribution in [3.05, 3.63) is 72.0 Å². The van der Waals surface area contributed by atoms with E-state index >= 15 is 0 Å². The topological polar surface area (TPSA) is 55.1 Å².